The van der Waals surface area contributed by atoms with Gasteiger partial charge in [0.1, 0.15) is 17.6 Å². The van der Waals surface area contributed by atoms with Crippen LogP contribution in [0.4, 0.5) is 4.39 Å². The number of Topliss-reactive ketones (excluding diaryl/α,β-unsaturated/α-hetero) is 1. The van der Waals surface area contributed by atoms with E-state index in [1.54, 1.807) is 25.3 Å². The van der Waals surface area contributed by atoms with Crippen molar-refractivity contribution in [3.63, 3.8) is 0 Å². The second kappa shape index (κ2) is 37.0. The van der Waals surface area contributed by atoms with Gasteiger partial charge < -0.3 is 42.7 Å². The Morgan fingerprint density at radius 2 is 0.881 bits per heavy atom. The highest BCUT2D eigenvalue weighted by Gasteiger charge is 2.61. The molecule has 1 atom stereocenters. The van der Waals surface area contributed by atoms with Crippen molar-refractivity contribution in [2.75, 3.05) is 34.5 Å². The van der Waals surface area contributed by atoms with Crippen molar-refractivity contribution < 1.29 is 51.9 Å². The molecular weight excluding hydrogens is 1080 g/mol. The maximum absolute atomic E-state index is 14.0. The molecule has 0 aromatic heterocycles. The molecule has 57 radical (unpaired) electrons. The fourth-order valence-electron chi connectivity index (χ4n) is 13.6. The zero-order valence-corrected chi connectivity index (χ0v) is 50.7. The van der Waals surface area contributed by atoms with Gasteiger partial charge in [0, 0.05) is 403 Å². The summed E-state index contributed by atoms with van der Waals surface area (Å²) in [4.78, 5) is 12.9. The Morgan fingerprint density at radius 1 is 0.548 bits per heavy atom. The molecule has 0 N–H and O–H groups in total. The molecule has 62 heteroatoms. The average molecular weight is 1110 g/mol. The van der Waals surface area contributed by atoms with Crippen LogP contribution in [0.1, 0.15) is 29.2 Å². The first kappa shape index (κ1) is 81.8. The van der Waals surface area contributed by atoms with E-state index in [2.05, 4.69) is 14.1 Å². The van der Waals surface area contributed by atoms with Gasteiger partial charge in [-0.2, -0.15) is 0 Å². The molecule has 2 aromatic carbocycles. The van der Waals surface area contributed by atoms with E-state index in [0.717, 1.165) is 31.2 Å². The number of methoxy groups -OCH3 is 1. The quantitative estimate of drug-likeness (QED) is 0.0429. The smallest absolute Gasteiger partial charge is 0.231 e. The second-order valence-electron chi connectivity index (χ2n) is 23.2. The molecule has 4 rings (SSSR count). The molecule has 0 bridgehead atoms. The van der Waals surface area contributed by atoms with Gasteiger partial charge in [-0.05, 0) is 23.3 Å². The van der Waals surface area contributed by atoms with Crippen LogP contribution in [0.25, 0.3) is 0 Å². The second-order valence-corrected chi connectivity index (χ2v) is 23.2. The van der Waals surface area contributed by atoms with Crippen molar-refractivity contribution >= 4 is 395 Å². The van der Waals surface area contributed by atoms with Crippen molar-refractivity contribution in [2.24, 2.45) is 0 Å². The van der Waals surface area contributed by atoms with Crippen LogP contribution in [-0.2, 0) is 17.6 Å². The number of carbonyl (C=O) groups is 1. The zero-order chi connectivity index (χ0) is 63.6. The molecular formula is C22H25B55FINO4. The lowest BCUT2D eigenvalue weighted by atomic mass is 8.23. The zero-order valence-electron chi connectivity index (χ0n) is 48.6. The number of halogens is 2. The van der Waals surface area contributed by atoms with Gasteiger partial charge in [0.15, 0.2) is 11.5 Å². The van der Waals surface area contributed by atoms with Crippen LogP contribution in [0.5, 0.6) is 17.2 Å². The highest BCUT2D eigenvalue weighted by Crippen LogP contribution is 2.51. The third-order valence-electron chi connectivity index (χ3n) is 17.2. The van der Waals surface area contributed by atoms with Crippen LogP contribution < -0.4 is 38.2 Å². The molecule has 84 heavy (non-hydrogen) atoms. The largest absolute Gasteiger partial charge is 1.00 e. The van der Waals surface area contributed by atoms with Crippen LogP contribution >= 0.6 is 0 Å². The van der Waals surface area contributed by atoms with Gasteiger partial charge in [-0.15, -0.1) is 0 Å². The fourth-order valence-corrected chi connectivity index (χ4v) is 13.6. The summed E-state index contributed by atoms with van der Waals surface area (Å²) < 4.78 is 31.5. The molecule has 2 aromatic rings. The first-order valence-electron chi connectivity index (χ1n) is 27.5. The summed E-state index contributed by atoms with van der Waals surface area (Å²) in [6, 6.07) is 8.36. The average Bonchev–Trinajstić information content (AvgIpc) is 1.05. The summed E-state index contributed by atoms with van der Waals surface area (Å²) in [5, 5.41) is 0. The number of hydrogen-bond donors (Lipinski definition) is 0. The van der Waals surface area contributed by atoms with E-state index >= 15 is 0 Å². The molecule has 2 aliphatic heterocycles. The summed E-state index contributed by atoms with van der Waals surface area (Å²) in [6.07, 6.45) is -33.5. The van der Waals surface area contributed by atoms with E-state index in [-0.39, 0.29) is 54.8 Å². The standard InChI is InChI=1S/C22H25FNO4.B55.HI/c1-24(2)9-8-15-11-19-21(28-13-27-19)22(26-3)20(15)18(24)12-16(25)10-14-6-4-5-7-17(14)23;1-29-43(28)50(42(26)27)54(51(44(30(2)3)31(4)5)45(32(6)7)33(8)9)55(52(46(34(10)11)35(12)13)47(36(14)15)37(16)17)53(48(38(18)19)39(20)21)49(40(22)23)41(24)25;/h4-7,11,18H,8-10,12-13H2,1-3H3;;1H/q+1;;/p-1. The first-order chi connectivity index (χ1) is 38.4. The Hall–Kier alpha value is 1.70. The minimum Gasteiger partial charge on any atom is -1.00 e. The van der Waals surface area contributed by atoms with Gasteiger partial charge in [0.05, 0.1) is 39.7 Å². The normalized spacial score (nSPS) is 12.7. The van der Waals surface area contributed by atoms with E-state index in [1.165, 1.54) is 6.07 Å². The topological polar surface area (TPSA) is 44.8 Å². The summed E-state index contributed by atoms with van der Waals surface area (Å²) in [5.41, 5.74) is 2.57. The molecule has 0 saturated heterocycles. The number of carbonyl (C=O) groups excluding carboxylic acids is 1. The Balaban J connectivity index is 0.000000684. The molecule has 0 spiro atoms. The lowest BCUT2D eigenvalue weighted by Crippen LogP contribution is -3.00. The van der Waals surface area contributed by atoms with E-state index in [4.69, 9.17) is 231 Å². The van der Waals surface area contributed by atoms with Crippen molar-refractivity contribution in [1.82, 2.24) is 0 Å². The number of ketones is 1. The molecule has 1 unspecified atom stereocenters. The third kappa shape index (κ3) is 20.6. The van der Waals surface area contributed by atoms with Crippen LogP contribution in [0, 0.1) is 5.82 Å². The van der Waals surface area contributed by atoms with Crippen LogP contribution in [0.3, 0.4) is 0 Å². The maximum Gasteiger partial charge on any atom is 0.231 e. The number of hydrogen-bond acceptors (Lipinski definition) is 4. The number of likely N-dealkylation sites (N-methyl/N-ethyl adjacent to an activating group) is 1. The molecule has 0 aliphatic carbocycles. The van der Waals surface area contributed by atoms with Crippen molar-refractivity contribution in [3.05, 3.63) is 52.8 Å². The molecule has 2 aliphatic rings. The first-order valence-corrected chi connectivity index (χ1v) is 27.5. The molecule has 0 fully saturated rings. The maximum atomic E-state index is 14.0. The van der Waals surface area contributed by atoms with E-state index in [9.17, 15) is 9.18 Å². The minimum absolute atomic E-state index is 0. The Kier molecular flexibility index (Phi) is 36.0. The molecule has 0 saturated carbocycles. The molecule has 5 nitrogen and oxygen atoms in total. The highest BCUT2D eigenvalue weighted by molar-refractivity contribution is 8.36. The Bertz CT molecular complexity index is 2140. The SMILES string of the molecule is COc1c2c(cc3c1C(CC(=O)Cc1ccccc1F)[N+](C)(C)CC3)OCO2.[B][B]B([B])B(B([B])[B])B(B(B(B([B])[B])B([B])[B])B(B([B])[B])B([B])[B])B(B(B(B([B])[B])B([B])[B])B(B([B])[B])B([B])[B])B(B(B([B])[B])B([B])[B])B(B([B])[B])B([B])[B].[I-]. The van der Waals surface area contributed by atoms with E-state index in [0.29, 0.717) is 33.7 Å². The van der Waals surface area contributed by atoms with Crippen molar-refractivity contribution in [2.45, 2.75) is 25.3 Å². The molecule has 0 amide bonds. The van der Waals surface area contributed by atoms with Crippen LogP contribution in [0.15, 0.2) is 30.3 Å². The van der Waals surface area contributed by atoms with Gasteiger partial charge in [-0.3, -0.25) is 4.79 Å². The van der Waals surface area contributed by atoms with Gasteiger partial charge in [0.25, 0.3) is 0 Å². The lowest BCUT2D eigenvalue weighted by Gasteiger charge is -2.58. The number of rotatable bonds is 31. The Labute approximate surface area is 572 Å². The van der Waals surface area contributed by atoms with Gasteiger partial charge in [0.2, 0.25) is 12.5 Å². The van der Waals surface area contributed by atoms with Crippen molar-refractivity contribution in [1.29, 1.82) is 0 Å². The highest BCUT2D eigenvalue weighted by atomic mass is 127. The number of ether oxygens (including phenoxy) is 3. The lowest BCUT2D eigenvalue weighted by molar-refractivity contribution is -0.922. The van der Waals surface area contributed by atoms with Crippen molar-refractivity contribution in [3.8, 4) is 17.2 Å². The van der Waals surface area contributed by atoms with Gasteiger partial charge >= 0.3 is 0 Å². The molecule has 321 valence electrons. The monoisotopic (exact) mass is 1120 g/mol. The fraction of sp³-hybridized carbons (Fsp3) is 0.409. The van der Waals surface area contributed by atoms with E-state index < -0.39 is 166 Å². The summed E-state index contributed by atoms with van der Waals surface area (Å²) >= 11 is 0. The summed E-state index contributed by atoms with van der Waals surface area (Å²) in [5.74, 6) is 1.62. The number of quaternary nitrogens is 1. The summed E-state index contributed by atoms with van der Waals surface area (Å²) in [7, 11) is 189. The Morgan fingerprint density at radius 3 is 1.20 bits per heavy atom. The minimum atomic E-state index is -1.42. The number of fused-ring (bicyclic) bond motifs is 2. The summed E-state index contributed by atoms with van der Waals surface area (Å²) in [6.45, 7) is 1.07. The van der Waals surface area contributed by atoms with Gasteiger partial charge in [-0.25, -0.2) is 4.39 Å². The third-order valence-corrected chi connectivity index (χ3v) is 17.2. The van der Waals surface area contributed by atoms with Gasteiger partial charge in [-0.1, -0.05) is 18.2 Å². The molecule has 2 heterocycles. The predicted octanol–water partition coefficient (Wildman–Crippen LogP) is -20.5. The predicted molar refractivity (Wildman–Crippen MR) is 419 cm³/mol. The van der Waals surface area contributed by atoms with Crippen LogP contribution in [0.2, 0.25) is 0 Å². The number of benzene rings is 2. The number of nitrogens with zero attached hydrogens (tertiary/aromatic N) is 1. The van der Waals surface area contributed by atoms with E-state index in [1.807, 2.05) is 6.07 Å². The van der Waals surface area contributed by atoms with Crippen LogP contribution in [-0.4, -0.2) is 435 Å².